The molecule has 180 valence electrons. The van der Waals surface area contributed by atoms with Crippen molar-refractivity contribution in [3.63, 3.8) is 0 Å². The predicted octanol–water partition coefficient (Wildman–Crippen LogP) is 4.23. The molecule has 0 saturated heterocycles. The van der Waals surface area contributed by atoms with Crippen molar-refractivity contribution in [1.82, 2.24) is 24.8 Å². The lowest BCUT2D eigenvalue weighted by Gasteiger charge is -2.27. The van der Waals surface area contributed by atoms with Gasteiger partial charge >= 0.3 is 0 Å². The smallest absolute Gasteiger partial charge is 0.269 e. The molecule has 0 radical (unpaired) electrons. The van der Waals surface area contributed by atoms with E-state index in [0.717, 1.165) is 22.4 Å². The standard InChI is InChI=1S/C28H31N5O2/c1-21(2)32(19-22-11-4-3-5-12-22)27(34)20-33-25-15-7-6-13-23(25)31-26(33)16-10-18-30-28(35)24-14-8-9-17-29-24/h3-9,11-15,17,21H,10,16,18-20H2,1-2H3,(H,30,35). The average Bonchev–Trinajstić information content (AvgIpc) is 3.23. The number of fused-ring (bicyclic) bond motifs is 1. The van der Waals surface area contributed by atoms with Crippen molar-refractivity contribution in [3.8, 4) is 0 Å². The van der Waals surface area contributed by atoms with Crippen LogP contribution in [0, 0.1) is 0 Å². The van der Waals surface area contributed by atoms with Gasteiger partial charge in [-0.3, -0.25) is 14.6 Å². The van der Waals surface area contributed by atoms with Crippen molar-refractivity contribution in [2.24, 2.45) is 0 Å². The molecule has 1 N–H and O–H groups in total. The Kier molecular flexibility index (Phi) is 7.88. The number of amides is 2. The lowest BCUT2D eigenvalue weighted by molar-refractivity contribution is -0.134. The highest BCUT2D eigenvalue weighted by Gasteiger charge is 2.20. The summed E-state index contributed by atoms with van der Waals surface area (Å²) in [5.74, 6) is 0.703. The Balaban J connectivity index is 1.46. The molecule has 7 heteroatoms. The van der Waals surface area contributed by atoms with Crippen LogP contribution in [0.1, 0.15) is 42.1 Å². The van der Waals surface area contributed by atoms with Gasteiger partial charge in [0.15, 0.2) is 0 Å². The largest absolute Gasteiger partial charge is 0.351 e. The summed E-state index contributed by atoms with van der Waals surface area (Å²) >= 11 is 0. The molecule has 2 aromatic carbocycles. The number of nitrogens with one attached hydrogen (secondary N) is 1. The van der Waals surface area contributed by atoms with Crippen LogP contribution in [0.3, 0.4) is 0 Å². The predicted molar refractivity (Wildman–Crippen MR) is 137 cm³/mol. The Hall–Kier alpha value is -4.00. The number of aryl methyl sites for hydroxylation is 1. The summed E-state index contributed by atoms with van der Waals surface area (Å²) < 4.78 is 2.01. The minimum absolute atomic E-state index is 0.0525. The third-order valence-corrected chi connectivity index (χ3v) is 5.93. The van der Waals surface area contributed by atoms with E-state index >= 15 is 0 Å². The van der Waals surface area contributed by atoms with Crippen LogP contribution in [-0.4, -0.2) is 43.8 Å². The number of hydrogen-bond donors (Lipinski definition) is 1. The molecule has 2 heterocycles. The van der Waals surface area contributed by atoms with E-state index < -0.39 is 0 Å². The van der Waals surface area contributed by atoms with Crippen LogP contribution in [0.25, 0.3) is 11.0 Å². The number of carbonyl (C=O) groups is 2. The summed E-state index contributed by atoms with van der Waals surface area (Å²) in [7, 11) is 0. The Morgan fingerprint density at radius 3 is 2.46 bits per heavy atom. The molecule has 2 amide bonds. The van der Waals surface area contributed by atoms with Gasteiger partial charge in [0.1, 0.15) is 18.1 Å². The van der Waals surface area contributed by atoms with Crippen LogP contribution in [0.2, 0.25) is 0 Å². The van der Waals surface area contributed by atoms with Crippen LogP contribution in [0.4, 0.5) is 0 Å². The molecule has 0 bridgehead atoms. The maximum atomic E-state index is 13.4. The normalized spacial score (nSPS) is 11.1. The number of pyridine rings is 1. The summed E-state index contributed by atoms with van der Waals surface area (Å²) in [6.07, 6.45) is 2.95. The van der Waals surface area contributed by atoms with Gasteiger partial charge in [-0.25, -0.2) is 4.98 Å². The fraction of sp³-hybridized carbons (Fsp3) is 0.286. The molecule has 0 aliphatic carbocycles. The summed E-state index contributed by atoms with van der Waals surface area (Å²) in [5, 5.41) is 2.91. The van der Waals surface area contributed by atoms with Crippen molar-refractivity contribution in [2.45, 2.75) is 45.8 Å². The van der Waals surface area contributed by atoms with Gasteiger partial charge in [0.05, 0.1) is 11.0 Å². The van der Waals surface area contributed by atoms with Crippen LogP contribution in [0.5, 0.6) is 0 Å². The highest BCUT2D eigenvalue weighted by atomic mass is 16.2. The molecular formula is C28H31N5O2. The fourth-order valence-electron chi connectivity index (χ4n) is 4.09. The van der Waals surface area contributed by atoms with Gasteiger partial charge in [0, 0.05) is 31.7 Å². The zero-order valence-corrected chi connectivity index (χ0v) is 20.2. The van der Waals surface area contributed by atoms with E-state index in [0.29, 0.717) is 31.6 Å². The maximum Gasteiger partial charge on any atom is 0.269 e. The minimum atomic E-state index is -0.192. The van der Waals surface area contributed by atoms with Gasteiger partial charge in [-0.05, 0) is 50.1 Å². The molecule has 4 rings (SSSR count). The zero-order chi connectivity index (χ0) is 24.6. The Morgan fingerprint density at radius 1 is 0.971 bits per heavy atom. The second-order valence-corrected chi connectivity index (χ2v) is 8.78. The molecule has 7 nitrogen and oxygen atoms in total. The first-order chi connectivity index (χ1) is 17.0. The van der Waals surface area contributed by atoms with E-state index in [4.69, 9.17) is 4.98 Å². The number of nitrogens with zero attached hydrogens (tertiary/aromatic N) is 4. The van der Waals surface area contributed by atoms with Crippen LogP contribution >= 0.6 is 0 Å². The molecule has 0 saturated carbocycles. The summed E-state index contributed by atoms with van der Waals surface area (Å²) in [5.41, 5.74) is 3.32. The van der Waals surface area contributed by atoms with E-state index in [-0.39, 0.29) is 24.4 Å². The number of benzene rings is 2. The third-order valence-electron chi connectivity index (χ3n) is 5.93. The fourth-order valence-corrected chi connectivity index (χ4v) is 4.09. The maximum absolute atomic E-state index is 13.4. The van der Waals surface area contributed by atoms with Gasteiger partial charge < -0.3 is 14.8 Å². The molecule has 4 aromatic rings. The quantitative estimate of drug-likeness (QED) is 0.353. The summed E-state index contributed by atoms with van der Waals surface area (Å²) in [6, 6.07) is 23.3. The molecule has 0 aliphatic heterocycles. The number of hydrogen-bond acceptors (Lipinski definition) is 4. The lowest BCUT2D eigenvalue weighted by Crippen LogP contribution is -2.38. The van der Waals surface area contributed by atoms with Gasteiger partial charge in [-0.15, -0.1) is 0 Å². The highest BCUT2D eigenvalue weighted by molar-refractivity contribution is 5.92. The van der Waals surface area contributed by atoms with Crippen LogP contribution in [-0.2, 0) is 24.3 Å². The Labute approximate surface area is 205 Å². The van der Waals surface area contributed by atoms with E-state index in [2.05, 4.69) is 10.3 Å². The molecule has 0 unspecified atom stereocenters. The lowest BCUT2D eigenvalue weighted by atomic mass is 10.2. The first kappa shape index (κ1) is 24.1. The second-order valence-electron chi connectivity index (χ2n) is 8.78. The number of rotatable bonds is 10. The topological polar surface area (TPSA) is 80.1 Å². The number of imidazole rings is 1. The Morgan fingerprint density at radius 2 is 1.71 bits per heavy atom. The van der Waals surface area contributed by atoms with E-state index in [1.165, 1.54) is 0 Å². The van der Waals surface area contributed by atoms with E-state index in [9.17, 15) is 9.59 Å². The second kappa shape index (κ2) is 11.4. The Bertz CT molecular complexity index is 1270. The van der Waals surface area contributed by atoms with Gasteiger partial charge in [-0.2, -0.15) is 0 Å². The number of para-hydroxylation sites is 2. The molecule has 0 fully saturated rings. The van der Waals surface area contributed by atoms with Crippen molar-refractivity contribution < 1.29 is 9.59 Å². The molecule has 2 aromatic heterocycles. The molecule has 35 heavy (non-hydrogen) atoms. The summed E-state index contributed by atoms with van der Waals surface area (Å²) in [4.78, 5) is 36.5. The minimum Gasteiger partial charge on any atom is -0.351 e. The zero-order valence-electron chi connectivity index (χ0n) is 20.2. The van der Waals surface area contributed by atoms with Crippen molar-refractivity contribution in [3.05, 3.63) is 96.1 Å². The van der Waals surface area contributed by atoms with E-state index in [1.54, 1.807) is 24.4 Å². The molecular weight excluding hydrogens is 438 g/mol. The number of aromatic nitrogens is 3. The van der Waals surface area contributed by atoms with Crippen LogP contribution in [0.15, 0.2) is 79.0 Å². The first-order valence-corrected chi connectivity index (χ1v) is 12.0. The van der Waals surface area contributed by atoms with Gasteiger partial charge in [-0.1, -0.05) is 48.5 Å². The molecule has 0 atom stereocenters. The van der Waals surface area contributed by atoms with E-state index in [1.807, 2.05) is 77.9 Å². The molecule has 0 aliphatic rings. The third kappa shape index (κ3) is 6.12. The first-order valence-electron chi connectivity index (χ1n) is 12.0. The average molecular weight is 470 g/mol. The van der Waals surface area contributed by atoms with Gasteiger partial charge in [0.25, 0.3) is 5.91 Å². The van der Waals surface area contributed by atoms with Crippen molar-refractivity contribution in [1.29, 1.82) is 0 Å². The monoisotopic (exact) mass is 469 g/mol. The van der Waals surface area contributed by atoms with Crippen LogP contribution < -0.4 is 5.32 Å². The van der Waals surface area contributed by atoms with Gasteiger partial charge in [0.2, 0.25) is 5.91 Å². The number of carbonyl (C=O) groups excluding carboxylic acids is 2. The highest BCUT2D eigenvalue weighted by Crippen LogP contribution is 2.19. The summed E-state index contributed by atoms with van der Waals surface area (Å²) in [6.45, 7) is 5.37. The van der Waals surface area contributed by atoms with Crippen molar-refractivity contribution >= 4 is 22.8 Å². The molecule has 0 spiro atoms. The SMILES string of the molecule is CC(C)N(Cc1ccccc1)C(=O)Cn1c(CCCNC(=O)c2ccccn2)nc2ccccc21. The van der Waals surface area contributed by atoms with Crippen molar-refractivity contribution in [2.75, 3.05) is 6.54 Å².